The Balaban J connectivity index is -0.0000000667. The molecule has 1 aromatic carbocycles. The molecule has 15 heavy (non-hydrogen) atoms. The zero-order valence-electron chi connectivity index (χ0n) is 8.38. The number of nitro benzene ring substituents is 1. The van der Waals surface area contributed by atoms with E-state index in [1.54, 1.807) is 19.1 Å². The average molecular weight is 581 g/mol. The van der Waals surface area contributed by atoms with E-state index < -0.39 is 4.92 Å². The van der Waals surface area contributed by atoms with Crippen LogP contribution < -0.4 is 0 Å². The van der Waals surface area contributed by atoms with Gasteiger partial charge in [-0.15, -0.1) is 6.07 Å². The molecule has 0 aliphatic heterocycles. The molecule has 0 aromatic heterocycles. The molecule has 0 unspecified atom stereocenters. The van der Waals surface area contributed by atoms with Crippen LogP contribution in [-0.2, 0) is 164 Å². The van der Waals surface area contributed by atoms with Gasteiger partial charge >= 0.3 is 0 Å². The second kappa shape index (κ2) is 18.1. The van der Waals surface area contributed by atoms with Crippen LogP contribution in [0.2, 0.25) is 0 Å². The van der Waals surface area contributed by atoms with E-state index in [-0.39, 0.29) is 169 Å². The van der Waals surface area contributed by atoms with Crippen molar-refractivity contribution in [2.24, 2.45) is 0 Å². The third-order valence-corrected chi connectivity index (χ3v) is 1.25. The molecule has 0 bridgehead atoms. The molecule has 0 heterocycles. The van der Waals surface area contributed by atoms with Gasteiger partial charge in [0, 0.05) is 168 Å². The van der Waals surface area contributed by atoms with Crippen LogP contribution >= 0.6 is 0 Å². The summed E-state index contributed by atoms with van der Waals surface area (Å²) in [5.41, 5.74) is 0.797. The van der Waals surface area contributed by atoms with Crippen molar-refractivity contribution in [1.29, 1.82) is 0 Å². The normalized spacial score (nSPS) is 6.20. The molecule has 1 aromatic rings. The molecule has 0 N–H and O–H groups in total. The molecule has 0 aliphatic rings. The third kappa shape index (κ3) is 12.9. The Bertz CT molecular complexity index is 271. The van der Waals surface area contributed by atoms with Crippen molar-refractivity contribution in [1.82, 2.24) is 0 Å². The smallest absolute Gasteiger partial charge is 0.166 e. The molecule has 0 amide bonds. The van der Waals surface area contributed by atoms with E-state index in [1.165, 1.54) is 6.07 Å². The van der Waals surface area contributed by atoms with Crippen LogP contribution in [0.25, 0.3) is 0 Å². The van der Waals surface area contributed by atoms with E-state index in [0.29, 0.717) is 5.56 Å². The van der Waals surface area contributed by atoms with Crippen molar-refractivity contribution in [2.75, 3.05) is 0 Å². The van der Waals surface area contributed by atoms with Crippen molar-refractivity contribution in [2.45, 2.75) is 6.92 Å². The molecule has 67 valence electrons. The number of benzene rings is 1. The van der Waals surface area contributed by atoms with Crippen molar-refractivity contribution >= 4 is 5.69 Å². The Morgan fingerprint density at radius 2 is 1.67 bits per heavy atom. The van der Waals surface area contributed by atoms with Crippen molar-refractivity contribution in [3.05, 3.63) is 39.9 Å². The maximum atomic E-state index is 10.2. The summed E-state index contributed by atoms with van der Waals surface area (Å²) in [4.78, 5) is 9.80. The van der Waals surface area contributed by atoms with Crippen LogP contribution in [-0.4, -0.2) is 4.92 Å². The summed E-state index contributed by atoms with van der Waals surface area (Å²) in [5.74, 6) is 0. The van der Waals surface area contributed by atoms with Crippen LogP contribution in [0.4, 0.5) is 5.69 Å². The molecule has 1 rings (SSSR count). The number of rotatable bonds is 1. The predicted octanol–water partition coefficient (Wildman–Crippen LogP) is 1.69. The Kier molecular flexibility index (Phi) is 38.1. The van der Waals surface area contributed by atoms with Crippen LogP contribution in [0.3, 0.4) is 0 Å². The van der Waals surface area contributed by atoms with E-state index in [0.717, 1.165) is 0 Å². The fraction of sp³-hybridized carbons (Fsp3) is 0.143. The van der Waals surface area contributed by atoms with Gasteiger partial charge in [-0.1, -0.05) is 12.5 Å². The molecule has 0 aliphatic carbocycles. The first-order valence-corrected chi connectivity index (χ1v) is 2.83. The Morgan fingerprint density at radius 3 is 1.93 bits per heavy atom. The Labute approximate surface area is 215 Å². The first kappa shape index (κ1) is 31.5. The molecule has 0 atom stereocenters. The maximum absolute atomic E-state index is 10.2. The van der Waals surface area contributed by atoms with Gasteiger partial charge in [-0.3, -0.25) is 10.1 Å². The molecule has 3 nitrogen and oxygen atoms in total. The fourth-order valence-corrected chi connectivity index (χ4v) is 0.696. The molecule has 0 saturated carbocycles. The van der Waals surface area contributed by atoms with Crippen LogP contribution in [0.1, 0.15) is 5.56 Å². The number of aryl methyl sites for hydroxylation is 1. The number of nitro groups is 1. The number of hydrogen-bond donors (Lipinski definition) is 0. The fourth-order valence-electron chi connectivity index (χ4n) is 0.696. The largest absolute Gasteiger partial charge is 0.270 e. The minimum absolute atomic E-state index is 0. The van der Waals surface area contributed by atoms with Crippen molar-refractivity contribution < 1.29 is 168 Å². The number of nitrogens with zero attached hydrogens (tertiary/aromatic N) is 1. The molecular formula is C7H6NO2Y5-. The van der Waals surface area contributed by atoms with Gasteiger partial charge in [0.2, 0.25) is 0 Å². The van der Waals surface area contributed by atoms with E-state index in [4.69, 9.17) is 0 Å². The van der Waals surface area contributed by atoms with E-state index in [2.05, 4.69) is 6.07 Å². The summed E-state index contributed by atoms with van der Waals surface area (Å²) in [6, 6.07) is 7.33. The van der Waals surface area contributed by atoms with Gasteiger partial charge in [0.05, 0.1) is 0 Å². The van der Waals surface area contributed by atoms with Crippen LogP contribution in [0.15, 0.2) is 18.2 Å². The summed E-state index contributed by atoms with van der Waals surface area (Å²) in [7, 11) is 0. The van der Waals surface area contributed by atoms with Gasteiger partial charge in [0.15, 0.2) is 5.69 Å². The summed E-state index contributed by atoms with van der Waals surface area (Å²) in [6.07, 6.45) is 0. The van der Waals surface area contributed by atoms with Gasteiger partial charge in [-0.2, -0.15) is 18.2 Å². The zero-order valence-corrected chi connectivity index (χ0v) is 22.6. The standard InChI is InChI=1S/C7H6NO2.5Y/c1-6-4-2-3-5-7(6)8(9)10;;;;;/h2,4-5H,1H3;;;;;/q-1;;;;;. The summed E-state index contributed by atoms with van der Waals surface area (Å²) < 4.78 is 0. The van der Waals surface area contributed by atoms with E-state index in [9.17, 15) is 10.1 Å². The topological polar surface area (TPSA) is 43.1 Å². The minimum Gasteiger partial charge on any atom is -0.270 e. The summed E-state index contributed by atoms with van der Waals surface area (Å²) >= 11 is 0. The first-order valence-electron chi connectivity index (χ1n) is 2.83. The Morgan fingerprint density at radius 1 is 1.20 bits per heavy atom. The van der Waals surface area contributed by atoms with E-state index >= 15 is 0 Å². The molecular weight excluding hydrogens is 575 g/mol. The van der Waals surface area contributed by atoms with Crippen LogP contribution in [0.5, 0.6) is 0 Å². The Hall–Kier alpha value is 4.14. The van der Waals surface area contributed by atoms with Crippen LogP contribution in [0, 0.1) is 23.1 Å². The minimum atomic E-state index is -0.411. The second-order valence-corrected chi connectivity index (χ2v) is 1.97. The SMILES string of the molecule is Cc1cc[c-]cc1[N+](=O)[O-].[Y].[Y].[Y].[Y].[Y]. The molecule has 0 saturated heterocycles. The first-order chi connectivity index (χ1) is 4.72. The van der Waals surface area contributed by atoms with Gasteiger partial charge in [0.1, 0.15) is 0 Å². The van der Waals surface area contributed by atoms with Crippen molar-refractivity contribution in [3.63, 3.8) is 0 Å². The monoisotopic (exact) mass is 581 g/mol. The molecule has 0 spiro atoms. The second-order valence-electron chi connectivity index (χ2n) is 1.97. The molecule has 0 fully saturated rings. The molecule has 5 radical (unpaired) electrons. The van der Waals surface area contributed by atoms with Gasteiger partial charge in [-0.05, 0) is 0 Å². The summed E-state index contributed by atoms with van der Waals surface area (Å²) in [6.45, 7) is 1.70. The van der Waals surface area contributed by atoms with Gasteiger partial charge in [-0.25, -0.2) is 0 Å². The van der Waals surface area contributed by atoms with Gasteiger partial charge < -0.3 is 0 Å². The van der Waals surface area contributed by atoms with Gasteiger partial charge in [0.25, 0.3) is 0 Å². The quantitative estimate of drug-likeness (QED) is 0.289. The third-order valence-electron chi connectivity index (χ3n) is 1.25. The average Bonchev–Trinajstić information content (AvgIpc) is 1.88. The summed E-state index contributed by atoms with van der Waals surface area (Å²) in [5, 5.41) is 10.2. The number of hydrogen-bond acceptors (Lipinski definition) is 2. The zero-order chi connectivity index (χ0) is 7.56. The maximum Gasteiger partial charge on any atom is 0.166 e. The van der Waals surface area contributed by atoms with Crippen molar-refractivity contribution in [3.8, 4) is 0 Å². The predicted molar refractivity (Wildman–Crippen MR) is 36.7 cm³/mol. The molecule has 8 heteroatoms. The van der Waals surface area contributed by atoms with E-state index in [1.807, 2.05) is 0 Å².